The summed E-state index contributed by atoms with van der Waals surface area (Å²) >= 11 is 1.28. The average molecular weight is 411 g/mol. The standard InChI is InChI=1S/C16H21N5O6S/c1-8(22)13-10-6-11(28-5-4-20(3)12(24)7-18-19-17)14(21(10)15(13)25)16(26)27-9(2)23/h8,10,13,22H,4-7H2,1-3H3/t8-,10-,13-/m1/s1. The minimum Gasteiger partial charge on any atom is -0.393 e. The number of nitrogens with zero attached hydrogens (tertiary/aromatic N) is 5. The largest absolute Gasteiger partial charge is 0.393 e. The minimum atomic E-state index is -0.900. The molecule has 2 aliphatic rings. The molecule has 0 saturated carbocycles. The number of aliphatic hydroxyl groups is 1. The van der Waals surface area contributed by atoms with Crippen LogP contribution in [0.5, 0.6) is 0 Å². The van der Waals surface area contributed by atoms with Crippen LogP contribution in [-0.4, -0.2) is 76.7 Å². The molecule has 1 saturated heterocycles. The smallest absolute Gasteiger partial charge is 0.363 e. The fourth-order valence-corrected chi connectivity index (χ4v) is 4.39. The third-order valence-corrected chi connectivity index (χ3v) is 5.61. The second kappa shape index (κ2) is 9.09. The number of hydrogen-bond acceptors (Lipinski definition) is 8. The van der Waals surface area contributed by atoms with Gasteiger partial charge in [0.1, 0.15) is 12.2 Å². The van der Waals surface area contributed by atoms with Crippen LogP contribution >= 0.6 is 11.8 Å². The van der Waals surface area contributed by atoms with Crippen molar-refractivity contribution in [3.8, 4) is 0 Å². The fraction of sp³-hybridized carbons (Fsp3) is 0.625. The van der Waals surface area contributed by atoms with Gasteiger partial charge >= 0.3 is 11.9 Å². The predicted octanol–water partition coefficient (Wildman–Crippen LogP) is 0.401. The van der Waals surface area contributed by atoms with Gasteiger partial charge in [0, 0.05) is 42.5 Å². The summed E-state index contributed by atoms with van der Waals surface area (Å²) in [5.41, 5.74) is 8.28. The molecular weight excluding hydrogens is 390 g/mol. The van der Waals surface area contributed by atoms with Crippen LogP contribution in [0.4, 0.5) is 0 Å². The number of likely N-dealkylation sites (N-methyl/N-ethyl adjacent to an activating group) is 1. The van der Waals surface area contributed by atoms with Crippen molar-refractivity contribution in [3.63, 3.8) is 0 Å². The number of thioether (sulfide) groups is 1. The van der Waals surface area contributed by atoms with E-state index < -0.39 is 24.0 Å². The first-order chi connectivity index (χ1) is 13.2. The predicted molar refractivity (Wildman–Crippen MR) is 98.3 cm³/mol. The van der Waals surface area contributed by atoms with E-state index in [9.17, 15) is 24.3 Å². The zero-order chi connectivity index (χ0) is 21.0. The van der Waals surface area contributed by atoms with E-state index in [4.69, 9.17) is 5.53 Å². The van der Waals surface area contributed by atoms with Gasteiger partial charge in [-0.15, -0.1) is 11.8 Å². The van der Waals surface area contributed by atoms with Crippen molar-refractivity contribution in [1.29, 1.82) is 0 Å². The van der Waals surface area contributed by atoms with Gasteiger partial charge in [0.15, 0.2) is 0 Å². The third kappa shape index (κ3) is 4.46. The molecule has 3 atom stereocenters. The molecule has 2 amide bonds. The van der Waals surface area contributed by atoms with E-state index in [2.05, 4.69) is 14.8 Å². The molecule has 2 heterocycles. The number of ether oxygens (including phenoxy) is 1. The highest BCUT2D eigenvalue weighted by molar-refractivity contribution is 8.03. The van der Waals surface area contributed by atoms with Crippen LogP contribution in [0.3, 0.4) is 0 Å². The molecule has 28 heavy (non-hydrogen) atoms. The van der Waals surface area contributed by atoms with Crippen LogP contribution in [-0.2, 0) is 23.9 Å². The second-order valence-electron chi connectivity index (χ2n) is 6.45. The molecular formula is C16H21N5O6S. The normalized spacial score (nSPS) is 21.4. The SMILES string of the molecule is CC(=O)OC(=O)C1=C(SCCN(C)C(=O)CN=[N+]=[N-])C[C@@H]2[C@@H]([C@@H](C)O)C(=O)N12. The number of carbonyl (C=O) groups excluding carboxylic acids is 4. The molecule has 0 spiro atoms. The molecule has 1 fully saturated rings. The Bertz CT molecular complexity index is 775. The topological polar surface area (TPSA) is 153 Å². The number of fused-ring (bicyclic) bond motifs is 1. The molecule has 0 aromatic carbocycles. The van der Waals surface area contributed by atoms with E-state index in [0.29, 0.717) is 23.6 Å². The van der Waals surface area contributed by atoms with Crippen LogP contribution in [0.1, 0.15) is 20.3 Å². The van der Waals surface area contributed by atoms with E-state index in [0.717, 1.165) is 6.92 Å². The number of amides is 2. The molecule has 0 bridgehead atoms. The van der Waals surface area contributed by atoms with Gasteiger partial charge in [-0.2, -0.15) is 0 Å². The van der Waals surface area contributed by atoms with Crippen molar-refractivity contribution in [2.45, 2.75) is 32.4 Å². The molecule has 11 nitrogen and oxygen atoms in total. The first-order valence-electron chi connectivity index (χ1n) is 8.53. The van der Waals surface area contributed by atoms with E-state index >= 15 is 0 Å². The lowest BCUT2D eigenvalue weighted by atomic mass is 9.83. The van der Waals surface area contributed by atoms with E-state index in [-0.39, 0.29) is 30.1 Å². The zero-order valence-corrected chi connectivity index (χ0v) is 16.5. The average Bonchev–Trinajstić information content (AvgIpc) is 2.92. The van der Waals surface area contributed by atoms with Gasteiger partial charge in [0.05, 0.1) is 18.1 Å². The van der Waals surface area contributed by atoms with Crippen LogP contribution in [0.15, 0.2) is 15.7 Å². The Hall–Kier alpha value is -2.56. The molecule has 0 aliphatic carbocycles. The summed E-state index contributed by atoms with van der Waals surface area (Å²) in [4.78, 5) is 53.3. The highest BCUT2D eigenvalue weighted by Crippen LogP contribution is 2.47. The lowest BCUT2D eigenvalue weighted by Gasteiger charge is -2.44. The van der Waals surface area contributed by atoms with Crippen LogP contribution < -0.4 is 0 Å². The molecule has 0 aromatic heterocycles. The van der Waals surface area contributed by atoms with Crippen LogP contribution in [0.2, 0.25) is 0 Å². The second-order valence-corrected chi connectivity index (χ2v) is 7.64. The molecule has 2 aliphatic heterocycles. The summed E-state index contributed by atoms with van der Waals surface area (Å²) < 4.78 is 4.65. The molecule has 0 radical (unpaired) electrons. The monoisotopic (exact) mass is 411 g/mol. The minimum absolute atomic E-state index is 0.0233. The van der Waals surface area contributed by atoms with E-state index in [1.54, 1.807) is 7.05 Å². The van der Waals surface area contributed by atoms with E-state index in [1.807, 2.05) is 0 Å². The number of β-lactam (4-membered cyclic amide) rings is 1. The quantitative estimate of drug-likeness (QED) is 0.151. The number of esters is 2. The molecule has 152 valence electrons. The molecule has 0 unspecified atom stereocenters. The summed E-state index contributed by atoms with van der Waals surface area (Å²) in [5, 5.41) is 13.0. The maximum atomic E-state index is 12.3. The van der Waals surface area contributed by atoms with Crippen molar-refractivity contribution in [3.05, 3.63) is 21.0 Å². The Labute approximate surface area is 165 Å². The summed E-state index contributed by atoms with van der Waals surface area (Å²) in [6.07, 6.45) is -0.488. The first-order valence-corrected chi connectivity index (χ1v) is 9.52. The van der Waals surface area contributed by atoms with Gasteiger partial charge in [-0.05, 0) is 12.5 Å². The lowest BCUT2D eigenvalue weighted by Crippen LogP contribution is -2.61. The summed E-state index contributed by atoms with van der Waals surface area (Å²) in [6, 6.07) is -0.353. The Kier molecular flexibility index (Phi) is 7.05. The number of rotatable bonds is 8. The van der Waals surface area contributed by atoms with Crippen molar-refractivity contribution in [2.24, 2.45) is 11.0 Å². The van der Waals surface area contributed by atoms with E-state index in [1.165, 1.54) is 28.5 Å². The Morgan fingerprint density at radius 1 is 1.50 bits per heavy atom. The fourth-order valence-electron chi connectivity index (χ4n) is 3.17. The lowest BCUT2D eigenvalue weighted by molar-refractivity contribution is -0.165. The molecule has 12 heteroatoms. The molecule has 2 rings (SSSR count). The number of carbonyl (C=O) groups is 4. The Morgan fingerprint density at radius 3 is 2.75 bits per heavy atom. The Balaban J connectivity index is 2.08. The molecule has 1 N–H and O–H groups in total. The van der Waals surface area contributed by atoms with Crippen molar-refractivity contribution in [2.75, 3.05) is 25.9 Å². The maximum absolute atomic E-state index is 12.3. The Morgan fingerprint density at radius 2 is 2.18 bits per heavy atom. The maximum Gasteiger partial charge on any atom is 0.363 e. The highest BCUT2D eigenvalue weighted by atomic mass is 32.2. The van der Waals surface area contributed by atoms with Gasteiger partial charge in [0.2, 0.25) is 11.8 Å². The van der Waals surface area contributed by atoms with Crippen molar-refractivity contribution >= 4 is 35.5 Å². The van der Waals surface area contributed by atoms with Gasteiger partial charge in [-0.25, -0.2) is 4.79 Å². The van der Waals surface area contributed by atoms with Gasteiger partial charge in [-0.3, -0.25) is 14.4 Å². The van der Waals surface area contributed by atoms with Crippen molar-refractivity contribution < 1.29 is 29.0 Å². The summed E-state index contributed by atoms with van der Waals surface area (Å²) in [6.45, 7) is 2.65. The van der Waals surface area contributed by atoms with Crippen LogP contribution in [0.25, 0.3) is 10.4 Å². The van der Waals surface area contributed by atoms with Gasteiger partial charge in [0.25, 0.3) is 0 Å². The molecule has 0 aromatic rings. The van der Waals surface area contributed by atoms with Gasteiger partial charge < -0.3 is 19.6 Å². The third-order valence-electron chi connectivity index (χ3n) is 4.52. The zero-order valence-electron chi connectivity index (χ0n) is 15.7. The summed E-state index contributed by atoms with van der Waals surface area (Å²) in [7, 11) is 1.56. The summed E-state index contributed by atoms with van der Waals surface area (Å²) in [5.74, 6) is -2.60. The number of aliphatic hydroxyl groups excluding tert-OH is 1. The first kappa shape index (κ1) is 21.7. The highest BCUT2D eigenvalue weighted by Gasteiger charge is 2.57. The number of hydrogen-bond donors (Lipinski definition) is 1. The van der Waals surface area contributed by atoms with Gasteiger partial charge in [-0.1, -0.05) is 5.11 Å². The number of azide groups is 1. The van der Waals surface area contributed by atoms with Crippen LogP contribution in [0, 0.1) is 5.92 Å². The van der Waals surface area contributed by atoms with Crippen molar-refractivity contribution in [1.82, 2.24) is 9.80 Å².